The smallest absolute Gasteiger partial charge is 0.339 e. The Morgan fingerprint density at radius 2 is 1.89 bits per heavy atom. The molecule has 0 bridgehead atoms. The number of aromatic carboxylic acids is 1. The van der Waals surface area contributed by atoms with Gasteiger partial charge in [0.25, 0.3) is 0 Å². The second kappa shape index (κ2) is 5.18. The average Bonchev–Trinajstić information content (AvgIpc) is 2.34. The van der Waals surface area contributed by atoms with Crippen LogP contribution in [0, 0.1) is 5.82 Å². The molecule has 0 heterocycles. The fraction of sp³-hybridized carbons (Fsp3) is 0. The van der Waals surface area contributed by atoms with Crippen LogP contribution < -0.4 is 4.74 Å². The lowest BCUT2D eigenvalue weighted by Crippen LogP contribution is -2.01. The Morgan fingerprint density at radius 3 is 2.56 bits per heavy atom. The number of hydrogen-bond donors (Lipinski definition) is 1. The molecule has 2 aromatic rings. The Bertz CT molecular complexity index is 599. The highest BCUT2D eigenvalue weighted by Crippen LogP contribution is 2.31. The zero-order chi connectivity index (χ0) is 13.1. The minimum absolute atomic E-state index is 0.0933. The summed E-state index contributed by atoms with van der Waals surface area (Å²) in [6, 6.07) is 10.4. The number of carboxylic acid groups (broad SMARTS) is 1. The molecule has 3 nitrogen and oxygen atoms in total. The standard InChI is InChI=1S/C13H8BrFO3/c14-10-3-1-2-4-12(10)18-11-6-5-8(15)7-9(11)13(16)17/h1-7H,(H,16,17). The maximum absolute atomic E-state index is 13.0. The molecule has 0 aliphatic carbocycles. The van der Waals surface area contributed by atoms with E-state index in [0.29, 0.717) is 10.2 Å². The summed E-state index contributed by atoms with van der Waals surface area (Å²) in [6.45, 7) is 0. The summed E-state index contributed by atoms with van der Waals surface area (Å²) in [5.74, 6) is -1.30. The van der Waals surface area contributed by atoms with Gasteiger partial charge in [0.05, 0.1) is 4.47 Å². The molecule has 0 aromatic heterocycles. The summed E-state index contributed by atoms with van der Waals surface area (Å²) in [4.78, 5) is 11.0. The van der Waals surface area contributed by atoms with E-state index in [-0.39, 0.29) is 11.3 Å². The van der Waals surface area contributed by atoms with Crippen LogP contribution >= 0.6 is 15.9 Å². The third-order valence-electron chi connectivity index (χ3n) is 2.23. The maximum atomic E-state index is 13.0. The van der Waals surface area contributed by atoms with Gasteiger partial charge in [0, 0.05) is 0 Å². The van der Waals surface area contributed by atoms with E-state index < -0.39 is 11.8 Å². The van der Waals surface area contributed by atoms with Crippen molar-refractivity contribution in [3.63, 3.8) is 0 Å². The highest BCUT2D eigenvalue weighted by molar-refractivity contribution is 9.10. The summed E-state index contributed by atoms with van der Waals surface area (Å²) in [7, 11) is 0. The van der Waals surface area contributed by atoms with Gasteiger partial charge in [-0.2, -0.15) is 0 Å². The summed E-state index contributed by atoms with van der Waals surface area (Å²) >= 11 is 3.28. The molecule has 0 atom stereocenters. The molecule has 0 spiro atoms. The number of benzene rings is 2. The van der Waals surface area contributed by atoms with Gasteiger partial charge in [0.15, 0.2) is 0 Å². The van der Waals surface area contributed by atoms with Crippen LogP contribution in [0.1, 0.15) is 10.4 Å². The number of halogens is 2. The molecule has 2 aromatic carbocycles. The van der Waals surface area contributed by atoms with Gasteiger partial charge in [-0.05, 0) is 46.3 Å². The van der Waals surface area contributed by atoms with Gasteiger partial charge in [0.1, 0.15) is 22.9 Å². The molecule has 1 N–H and O–H groups in total. The van der Waals surface area contributed by atoms with Crippen molar-refractivity contribution in [2.24, 2.45) is 0 Å². The molecule has 0 saturated heterocycles. The van der Waals surface area contributed by atoms with E-state index >= 15 is 0 Å². The summed E-state index contributed by atoms with van der Waals surface area (Å²) in [6.07, 6.45) is 0. The Morgan fingerprint density at radius 1 is 1.17 bits per heavy atom. The minimum atomic E-state index is -1.24. The Kier molecular flexibility index (Phi) is 3.62. The van der Waals surface area contributed by atoms with E-state index in [9.17, 15) is 9.18 Å². The highest BCUT2D eigenvalue weighted by atomic mass is 79.9. The number of ether oxygens (including phenoxy) is 1. The largest absolute Gasteiger partial charge is 0.478 e. The number of para-hydroxylation sites is 1. The zero-order valence-corrected chi connectivity index (χ0v) is 10.6. The van der Waals surface area contributed by atoms with E-state index in [1.165, 1.54) is 6.07 Å². The average molecular weight is 311 g/mol. The second-order valence-electron chi connectivity index (χ2n) is 3.48. The van der Waals surface area contributed by atoms with Crippen molar-refractivity contribution in [3.05, 3.63) is 58.3 Å². The van der Waals surface area contributed by atoms with Crippen molar-refractivity contribution in [1.29, 1.82) is 0 Å². The summed E-state index contributed by atoms with van der Waals surface area (Å²) in [5.41, 5.74) is -0.217. The predicted molar refractivity (Wildman–Crippen MR) is 67.6 cm³/mol. The van der Waals surface area contributed by atoms with Crippen molar-refractivity contribution in [2.75, 3.05) is 0 Å². The molecule has 2 rings (SSSR count). The molecule has 18 heavy (non-hydrogen) atoms. The van der Waals surface area contributed by atoms with Gasteiger partial charge in [0.2, 0.25) is 0 Å². The van der Waals surface area contributed by atoms with Crippen molar-refractivity contribution < 1.29 is 19.0 Å². The van der Waals surface area contributed by atoms with Crippen LogP contribution in [0.15, 0.2) is 46.9 Å². The van der Waals surface area contributed by atoms with Gasteiger partial charge < -0.3 is 9.84 Å². The molecule has 0 radical (unpaired) electrons. The van der Waals surface area contributed by atoms with E-state index in [1.54, 1.807) is 24.3 Å². The van der Waals surface area contributed by atoms with E-state index in [0.717, 1.165) is 12.1 Å². The minimum Gasteiger partial charge on any atom is -0.478 e. The van der Waals surface area contributed by atoms with Crippen LogP contribution in [0.5, 0.6) is 11.5 Å². The normalized spacial score (nSPS) is 10.1. The molecular formula is C13H8BrFO3. The third kappa shape index (κ3) is 2.68. The summed E-state index contributed by atoms with van der Waals surface area (Å²) in [5, 5.41) is 8.98. The highest BCUT2D eigenvalue weighted by Gasteiger charge is 2.14. The van der Waals surface area contributed by atoms with Gasteiger partial charge in [-0.1, -0.05) is 12.1 Å². The molecule has 0 saturated carbocycles. The zero-order valence-electron chi connectivity index (χ0n) is 9.06. The van der Waals surface area contributed by atoms with Gasteiger partial charge in [-0.3, -0.25) is 0 Å². The lowest BCUT2D eigenvalue weighted by Gasteiger charge is -2.10. The first-order chi connectivity index (χ1) is 8.58. The van der Waals surface area contributed by atoms with E-state index in [1.807, 2.05) is 0 Å². The molecular weight excluding hydrogens is 303 g/mol. The SMILES string of the molecule is O=C(O)c1cc(F)ccc1Oc1ccccc1Br. The van der Waals surface area contributed by atoms with Crippen LogP contribution in [0.3, 0.4) is 0 Å². The van der Waals surface area contributed by atoms with Gasteiger partial charge >= 0.3 is 5.97 Å². The predicted octanol–water partition coefficient (Wildman–Crippen LogP) is 4.08. The fourth-order valence-electron chi connectivity index (χ4n) is 1.40. The fourth-order valence-corrected chi connectivity index (χ4v) is 1.77. The molecule has 0 amide bonds. The lowest BCUT2D eigenvalue weighted by molar-refractivity contribution is 0.0693. The first kappa shape index (κ1) is 12.6. The Hall–Kier alpha value is -1.88. The van der Waals surface area contributed by atoms with Gasteiger partial charge in [-0.15, -0.1) is 0 Å². The first-order valence-corrected chi connectivity index (χ1v) is 5.82. The third-order valence-corrected chi connectivity index (χ3v) is 2.88. The first-order valence-electron chi connectivity index (χ1n) is 5.03. The molecule has 92 valence electrons. The number of rotatable bonds is 3. The number of hydrogen-bond acceptors (Lipinski definition) is 2. The topological polar surface area (TPSA) is 46.5 Å². The van der Waals surface area contributed by atoms with Crippen LogP contribution in [-0.2, 0) is 0 Å². The second-order valence-corrected chi connectivity index (χ2v) is 4.33. The molecule has 0 aliphatic heterocycles. The molecule has 0 unspecified atom stereocenters. The summed E-state index contributed by atoms with van der Waals surface area (Å²) < 4.78 is 19.1. The Labute approximate surface area is 111 Å². The Balaban J connectivity index is 2.41. The maximum Gasteiger partial charge on any atom is 0.339 e. The van der Waals surface area contributed by atoms with Crippen molar-refractivity contribution in [2.45, 2.75) is 0 Å². The monoisotopic (exact) mass is 310 g/mol. The van der Waals surface area contributed by atoms with Crippen molar-refractivity contribution in [1.82, 2.24) is 0 Å². The number of carbonyl (C=O) groups is 1. The van der Waals surface area contributed by atoms with Crippen LogP contribution in [0.2, 0.25) is 0 Å². The van der Waals surface area contributed by atoms with Crippen LogP contribution in [0.4, 0.5) is 4.39 Å². The van der Waals surface area contributed by atoms with Crippen LogP contribution in [0.25, 0.3) is 0 Å². The molecule has 0 aliphatic rings. The van der Waals surface area contributed by atoms with E-state index in [2.05, 4.69) is 15.9 Å². The van der Waals surface area contributed by atoms with Crippen LogP contribution in [-0.4, -0.2) is 11.1 Å². The molecule has 5 heteroatoms. The quantitative estimate of drug-likeness (QED) is 0.929. The van der Waals surface area contributed by atoms with Gasteiger partial charge in [-0.25, -0.2) is 9.18 Å². The lowest BCUT2D eigenvalue weighted by atomic mass is 10.2. The van der Waals surface area contributed by atoms with Crippen molar-refractivity contribution >= 4 is 21.9 Å². The number of carboxylic acids is 1. The van der Waals surface area contributed by atoms with Crippen molar-refractivity contribution in [3.8, 4) is 11.5 Å². The molecule has 0 fully saturated rings. The van der Waals surface area contributed by atoms with E-state index in [4.69, 9.17) is 9.84 Å².